The first-order valence-electron chi connectivity index (χ1n) is 3.53. The third-order valence-electron chi connectivity index (χ3n) is 1.09. The molecule has 0 saturated carbocycles. The van der Waals surface area contributed by atoms with Gasteiger partial charge in [0.15, 0.2) is 0 Å². The van der Waals surface area contributed by atoms with Crippen LogP contribution in [0, 0.1) is 0 Å². The molecule has 0 fully saturated rings. The molecule has 5 heteroatoms. The average molecular weight is 198 g/mol. The lowest BCUT2D eigenvalue weighted by atomic mass is 10.3. The van der Waals surface area contributed by atoms with Crippen LogP contribution in [0.25, 0.3) is 0 Å². The van der Waals surface area contributed by atoms with Gasteiger partial charge >= 0.3 is 5.97 Å². The summed E-state index contributed by atoms with van der Waals surface area (Å²) in [4.78, 5) is 10.8. The maximum absolute atomic E-state index is 10.8. The molecule has 4 nitrogen and oxygen atoms in total. The summed E-state index contributed by atoms with van der Waals surface area (Å²) in [6.07, 6.45) is -0.224. The van der Waals surface area contributed by atoms with E-state index in [4.69, 9.17) is 15.2 Å². The van der Waals surface area contributed by atoms with Crippen LogP contribution in [0.1, 0.15) is 13.8 Å². The van der Waals surface area contributed by atoms with Crippen molar-refractivity contribution in [3.8, 4) is 0 Å². The molecule has 2 atom stereocenters. The summed E-state index contributed by atoms with van der Waals surface area (Å²) in [5.41, 5.74) is 5.27. The third-order valence-corrected chi connectivity index (χ3v) is 1.09. The largest absolute Gasteiger partial charge is 0.459 e. The summed E-state index contributed by atoms with van der Waals surface area (Å²) in [5, 5.41) is 0. The molecule has 0 saturated heterocycles. The smallest absolute Gasteiger partial charge is 0.322 e. The molecule has 0 aliphatic heterocycles. The van der Waals surface area contributed by atoms with E-state index in [1.54, 1.807) is 21.0 Å². The number of esters is 1. The van der Waals surface area contributed by atoms with E-state index in [-0.39, 0.29) is 18.5 Å². The second-order valence-electron chi connectivity index (χ2n) is 2.49. The predicted molar refractivity (Wildman–Crippen MR) is 48.3 cm³/mol. The van der Waals surface area contributed by atoms with Gasteiger partial charge in [-0.3, -0.25) is 4.79 Å². The quantitative estimate of drug-likeness (QED) is 0.660. The maximum atomic E-state index is 10.8. The van der Waals surface area contributed by atoms with Crippen LogP contribution in [-0.4, -0.2) is 31.8 Å². The van der Waals surface area contributed by atoms with Gasteiger partial charge in [-0.15, -0.1) is 12.4 Å². The molecule has 0 amide bonds. The highest BCUT2D eigenvalue weighted by Crippen LogP contribution is 1.93. The van der Waals surface area contributed by atoms with Crippen molar-refractivity contribution in [1.82, 2.24) is 0 Å². The number of nitrogens with two attached hydrogens (primary N) is 1. The fourth-order valence-electron chi connectivity index (χ4n) is 0.574. The monoisotopic (exact) mass is 197 g/mol. The molecule has 0 rings (SSSR count). The Morgan fingerprint density at radius 2 is 2.00 bits per heavy atom. The van der Waals surface area contributed by atoms with Gasteiger partial charge in [0.2, 0.25) is 0 Å². The Morgan fingerprint density at radius 1 is 1.50 bits per heavy atom. The van der Waals surface area contributed by atoms with Crippen molar-refractivity contribution in [1.29, 1.82) is 0 Å². The lowest BCUT2D eigenvalue weighted by molar-refractivity contribution is -0.151. The normalized spacial score (nSPS) is 14.3. The maximum Gasteiger partial charge on any atom is 0.322 e. The summed E-state index contributed by atoms with van der Waals surface area (Å²) in [5.74, 6) is -0.394. The Morgan fingerprint density at radius 3 is 2.33 bits per heavy atom. The van der Waals surface area contributed by atoms with Crippen molar-refractivity contribution in [2.45, 2.75) is 26.0 Å². The summed E-state index contributed by atoms with van der Waals surface area (Å²) in [6.45, 7) is 3.74. The Bertz CT molecular complexity index is 130. The molecule has 12 heavy (non-hydrogen) atoms. The van der Waals surface area contributed by atoms with E-state index in [9.17, 15) is 4.79 Å². The standard InChI is InChI=1S/C7H15NO3.ClH/c1-5(4-10-3)11-7(9)6(2)8;/h5-6H,4,8H2,1-3H3;1H/t5-,6?;/m1./s1. The number of hydrogen-bond donors (Lipinski definition) is 1. The number of rotatable bonds is 4. The minimum absolute atomic E-state index is 0. The topological polar surface area (TPSA) is 61.5 Å². The Balaban J connectivity index is 0. The molecular weight excluding hydrogens is 182 g/mol. The van der Waals surface area contributed by atoms with Gasteiger partial charge in [0.25, 0.3) is 0 Å². The van der Waals surface area contributed by atoms with E-state index in [1.807, 2.05) is 0 Å². The Kier molecular flexibility index (Phi) is 8.69. The van der Waals surface area contributed by atoms with Crippen molar-refractivity contribution >= 4 is 18.4 Å². The fraction of sp³-hybridized carbons (Fsp3) is 0.857. The van der Waals surface area contributed by atoms with Crippen molar-refractivity contribution in [3.63, 3.8) is 0 Å². The van der Waals surface area contributed by atoms with Crippen LogP contribution in [0.3, 0.4) is 0 Å². The molecule has 0 heterocycles. The van der Waals surface area contributed by atoms with E-state index in [2.05, 4.69) is 0 Å². The van der Waals surface area contributed by atoms with Crippen LogP contribution in [0.15, 0.2) is 0 Å². The molecule has 1 unspecified atom stereocenters. The van der Waals surface area contributed by atoms with Gasteiger partial charge < -0.3 is 15.2 Å². The van der Waals surface area contributed by atoms with Crippen LogP contribution in [0.5, 0.6) is 0 Å². The predicted octanol–water partition coefficient (Wildman–Crippen LogP) is 0.334. The molecule has 0 aromatic carbocycles. The molecule has 0 spiro atoms. The van der Waals surface area contributed by atoms with Gasteiger partial charge in [0.05, 0.1) is 6.61 Å². The van der Waals surface area contributed by atoms with E-state index in [0.29, 0.717) is 6.61 Å². The van der Waals surface area contributed by atoms with Crippen molar-refractivity contribution in [3.05, 3.63) is 0 Å². The van der Waals surface area contributed by atoms with Crippen LogP contribution in [0.4, 0.5) is 0 Å². The highest BCUT2D eigenvalue weighted by Gasteiger charge is 2.12. The molecule has 74 valence electrons. The number of carbonyl (C=O) groups is 1. The van der Waals surface area contributed by atoms with Gasteiger partial charge in [-0.2, -0.15) is 0 Å². The zero-order valence-electron chi connectivity index (χ0n) is 7.57. The SMILES string of the molecule is COC[C@@H](C)OC(=O)C(C)N.Cl. The Hall–Kier alpha value is -0.320. The first-order chi connectivity index (χ1) is 5.07. The van der Waals surface area contributed by atoms with E-state index < -0.39 is 12.0 Å². The lowest BCUT2D eigenvalue weighted by Crippen LogP contribution is -2.32. The molecule has 0 aromatic heterocycles. The highest BCUT2D eigenvalue weighted by atomic mass is 35.5. The number of carbonyl (C=O) groups excluding carboxylic acids is 1. The second-order valence-corrected chi connectivity index (χ2v) is 2.49. The van der Waals surface area contributed by atoms with Crippen molar-refractivity contribution in [2.75, 3.05) is 13.7 Å². The molecule has 0 aromatic rings. The third kappa shape index (κ3) is 6.39. The first kappa shape index (κ1) is 14.2. The highest BCUT2D eigenvalue weighted by molar-refractivity contribution is 5.85. The number of halogens is 1. The van der Waals surface area contributed by atoms with Gasteiger partial charge in [0.1, 0.15) is 12.1 Å². The van der Waals surface area contributed by atoms with Gasteiger partial charge in [0, 0.05) is 7.11 Å². The molecule has 0 radical (unpaired) electrons. The van der Waals surface area contributed by atoms with E-state index >= 15 is 0 Å². The molecular formula is C7H16ClNO3. The van der Waals surface area contributed by atoms with Crippen LogP contribution in [0.2, 0.25) is 0 Å². The van der Waals surface area contributed by atoms with Crippen LogP contribution in [-0.2, 0) is 14.3 Å². The minimum atomic E-state index is -0.561. The summed E-state index contributed by atoms with van der Waals surface area (Å²) in [7, 11) is 1.55. The molecule has 2 N–H and O–H groups in total. The Labute approximate surface area is 78.8 Å². The molecule has 0 aliphatic rings. The van der Waals surface area contributed by atoms with Crippen LogP contribution >= 0.6 is 12.4 Å². The number of ether oxygens (including phenoxy) is 2. The van der Waals surface area contributed by atoms with Gasteiger partial charge in [-0.05, 0) is 13.8 Å². The van der Waals surface area contributed by atoms with Gasteiger partial charge in [-0.25, -0.2) is 0 Å². The lowest BCUT2D eigenvalue weighted by Gasteiger charge is -2.13. The number of hydrogen-bond acceptors (Lipinski definition) is 4. The fourth-order valence-corrected chi connectivity index (χ4v) is 0.574. The van der Waals surface area contributed by atoms with Gasteiger partial charge in [-0.1, -0.05) is 0 Å². The second kappa shape index (κ2) is 7.34. The van der Waals surface area contributed by atoms with Crippen LogP contribution < -0.4 is 5.73 Å². The summed E-state index contributed by atoms with van der Waals surface area (Å²) < 4.78 is 9.63. The summed E-state index contributed by atoms with van der Waals surface area (Å²) in [6, 6.07) is -0.561. The first-order valence-corrected chi connectivity index (χ1v) is 3.53. The van der Waals surface area contributed by atoms with E-state index in [1.165, 1.54) is 0 Å². The zero-order chi connectivity index (χ0) is 8.85. The number of methoxy groups -OCH3 is 1. The van der Waals surface area contributed by atoms with Crippen molar-refractivity contribution in [2.24, 2.45) is 5.73 Å². The van der Waals surface area contributed by atoms with Crippen molar-refractivity contribution < 1.29 is 14.3 Å². The summed E-state index contributed by atoms with van der Waals surface area (Å²) >= 11 is 0. The molecule has 0 aliphatic carbocycles. The zero-order valence-corrected chi connectivity index (χ0v) is 8.39. The molecule has 0 bridgehead atoms. The minimum Gasteiger partial charge on any atom is -0.459 e. The average Bonchev–Trinajstić information content (AvgIpc) is 1.87. The van der Waals surface area contributed by atoms with E-state index in [0.717, 1.165) is 0 Å².